The molecule has 1 heterocycles. The van der Waals surface area contributed by atoms with E-state index in [1.54, 1.807) is 36.2 Å². The standard InChI is InChI=1S/C23H30N2O5/c1-15-5-9-19(10-6-15)25(4)22(26)14-29-23(27)18-7-11-20(12-8-18)28-13-21-16(2)24-30-17(21)3/h7-8,11-12,15,19H,5-6,9-10,13-14H2,1-4H3. The van der Waals surface area contributed by atoms with Crippen LogP contribution in [-0.4, -0.2) is 41.6 Å². The van der Waals surface area contributed by atoms with E-state index in [1.807, 2.05) is 13.8 Å². The van der Waals surface area contributed by atoms with Crippen LogP contribution in [0.25, 0.3) is 0 Å². The topological polar surface area (TPSA) is 81.9 Å². The van der Waals surface area contributed by atoms with E-state index in [0.717, 1.165) is 48.6 Å². The van der Waals surface area contributed by atoms with E-state index in [9.17, 15) is 9.59 Å². The van der Waals surface area contributed by atoms with Crippen LogP contribution in [0, 0.1) is 19.8 Å². The van der Waals surface area contributed by atoms with Crippen molar-refractivity contribution in [2.24, 2.45) is 5.92 Å². The van der Waals surface area contributed by atoms with Gasteiger partial charge in [0.05, 0.1) is 16.8 Å². The van der Waals surface area contributed by atoms with Gasteiger partial charge < -0.3 is 18.9 Å². The molecule has 7 heteroatoms. The number of hydrogen-bond donors (Lipinski definition) is 0. The lowest BCUT2D eigenvalue weighted by Crippen LogP contribution is -2.41. The number of carbonyl (C=O) groups excluding carboxylic acids is 2. The summed E-state index contributed by atoms with van der Waals surface area (Å²) in [5.74, 6) is 1.38. The summed E-state index contributed by atoms with van der Waals surface area (Å²) in [5, 5.41) is 3.90. The van der Waals surface area contributed by atoms with Crippen LogP contribution in [0.3, 0.4) is 0 Å². The third-order valence-electron chi connectivity index (χ3n) is 5.91. The van der Waals surface area contributed by atoms with Crippen LogP contribution >= 0.6 is 0 Å². The number of esters is 1. The Labute approximate surface area is 177 Å². The molecule has 7 nitrogen and oxygen atoms in total. The number of benzene rings is 1. The predicted octanol–water partition coefficient (Wildman–Crippen LogP) is 4.06. The van der Waals surface area contributed by atoms with E-state index in [0.29, 0.717) is 17.9 Å². The average molecular weight is 415 g/mol. The SMILES string of the molecule is Cc1noc(C)c1COc1ccc(C(=O)OCC(=O)N(C)C2CCC(C)CC2)cc1. The molecule has 1 aromatic carbocycles. The molecule has 1 aromatic heterocycles. The number of hydrogen-bond acceptors (Lipinski definition) is 6. The van der Waals surface area contributed by atoms with Crippen LogP contribution in [-0.2, 0) is 16.1 Å². The van der Waals surface area contributed by atoms with Crippen molar-refractivity contribution in [3.63, 3.8) is 0 Å². The molecule has 2 aromatic rings. The fourth-order valence-electron chi connectivity index (χ4n) is 3.70. The van der Waals surface area contributed by atoms with E-state index < -0.39 is 5.97 Å². The molecular formula is C23H30N2O5. The first kappa shape index (κ1) is 21.9. The van der Waals surface area contributed by atoms with Crippen molar-refractivity contribution >= 4 is 11.9 Å². The Morgan fingerprint density at radius 2 is 1.80 bits per heavy atom. The molecule has 0 atom stereocenters. The second-order valence-electron chi connectivity index (χ2n) is 8.11. The van der Waals surface area contributed by atoms with Crippen LogP contribution < -0.4 is 4.74 Å². The van der Waals surface area contributed by atoms with Gasteiger partial charge in [-0.2, -0.15) is 0 Å². The lowest BCUT2D eigenvalue weighted by molar-refractivity contribution is -0.136. The smallest absolute Gasteiger partial charge is 0.338 e. The average Bonchev–Trinajstić information content (AvgIpc) is 3.08. The quantitative estimate of drug-likeness (QED) is 0.636. The van der Waals surface area contributed by atoms with Gasteiger partial charge in [0.2, 0.25) is 0 Å². The molecule has 0 bridgehead atoms. The lowest BCUT2D eigenvalue weighted by Gasteiger charge is -2.33. The van der Waals surface area contributed by atoms with E-state index in [-0.39, 0.29) is 18.6 Å². The monoisotopic (exact) mass is 414 g/mol. The van der Waals surface area contributed by atoms with Crippen LogP contribution in [0.2, 0.25) is 0 Å². The highest BCUT2D eigenvalue weighted by Crippen LogP contribution is 2.26. The molecule has 30 heavy (non-hydrogen) atoms. The molecule has 1 saturated carbocycles. The summed E-state index contributed by atoms with van der Waals surface area (Å²) < 4.78 is 16.1. The molecule has 3 rings (SSSR count). The number of likely N-dealkylation sites (N-methyl/N-ethyl adjacent to an activating group) is 1. The Bertz CT molecular complexity index is 847. The summed E-state index contributed by atoms with van der Waals surface area (Å²) in [5.41, 5.74) is 2.08. The predicted molar refractivity (Wildman–Crippen MR) is 111 cm³/mol. The molecule has 0 aliphatic heterocycles. The summed E-state index contributed by atoms with van der Waals surface area (Å²) in [7, 11) is 1.79. The van der Waals surface area contributed by atoms with Crippen molar-refractivity contribution in [2.75, 3.05) is 13.7 Å². The normalized spacial score (nSPS) is 18.7. The maximum Gasteiger partial charge on any atom is 0.338 e. The summed E-state index contributed by atoms with van der Waals surface area (Å²) in [6.45, 7) is 6.04. The van der Waals surface area contributed by atoms with Crippen molar-refractivity contribution in [1.82, 2.24) is 10.1 Å². The van der Waals surface area contributed by atoms with Gasteiger partial charge in [-0.3, -0.25) is 4.79 Å². The number of aromatic nitrogens is 1. The molecule has 1 aliphatic carbocycles. The fraction of sp³-hybridized carbons (Fsp3) is 0.522. The molecule has 1 amide bonds. The van der Waals surface area contributed by atoms with E-state index >= 15 is 0 Å². The van der Waals surface area contributed by atoms with Crippen LogP contribution in [0.5, 0.6) is 5.75 Å². The Hall–Kier alpha value is -2.83. The Morgan fingerprint density at radius 1 is 1.13 bits per heavy atom. The summed E-state index contributed by atoms with van der Waals surface area (Å²) in [4.78, 5) is 26.4. The zero-order chi connectivity index (χ0) is 21.7. The van der Waals surface area contributed by atoms with Gasteiger partial charge in [-0.05, 0) is 69.7 Å². The van der Waals surface area contributed by atoms with Crippen molar-refractivity contribution in [3.05, 3.63) is 46.8 Å². The minimum absolute atomic E-state index is 0.165. The molecule has 1 fully saturated rings. The van der Waals surface area contributed by atoms with Gasteiger partial charge in [0.25, 0.3) is 5.91 Å². The maximum atomic E-state index is 12.4. The summed E-state index contributed by atoms with van der Waals surface area (Å²) in [6, 6.07) is 6.89. The van der Waals surface area contributed by atoms with Crippen molar-refractivity contribution in [3.8, 4) is 5.75 Å². The van der Waals surface area contributed by atoms with Crippen molar-refractivity contribution in [2.45, 2.75) is 59.1 Å². The first-order valence-electron chi connectivity index (χ1n) is 10.4. The highest BCUT2D eigenvalue weighted by Gasteiger charge is 2.25. The number of nitrogens with zero attached hydrogens (tertiary/aromatic N) is 2. The third kappa shape index (κ3) is 5.40. The molecule has 0 radical (unpaired) electrons. The fourth-order valence-corrected chi connectivity index (χ4v) is 3.70. The lowest BCUT2D eigenvalue weighted by atomic mass is 9.87. The Morgan fingerprint density at radius 3 is 2.40 bits per heavy atom. The van der Waals surface area contributed by atoms with Gasteiger partial charge in [-0.1, -0.05) is 12.1 Å². The van der Waals surface area contributed by atoms with E-state index in [1.165, 1.54) is 0 Å². The minimum Gasteiger partial charge on any atom is -0.489 e. The molecule has 0 unspecified atom stereocenters. The third-order valence-corrected chi connectivity index (χ3v) is 5.91. The molecular weight excluding hydrogens is 384 g/mol. The number of aryl methyl sites for hydroxylation is 2. The minimum atomic E-state index is -0.522. The number of amides is 1. The van der Waals surface area contributed by atoms with E-state index in [4.69, 9.17) is 14.0 Å². The number of ether oxygens (including phenoxy) is 2. The summed E-state index contributed by atoms with van der Waals surface area (Å²) in [6.07, 6.45) is 4.28. The van der Waals surface area contributed by atoms with Crippen LogP contribution in [0.4, 0.5) is 0 Å². The Kier molecular flexibility index (Phi) is 7.13. The van der Waals surface area contributed by atoms with E-state index in [2.05, 4.69) is 12.1 Å². The van der Waals surface area contributed by atoms with Crippen LogP contribution in [0.15, 0.2) is 28.8 Å². The largest absolute Gasteiger partial charge is 0.489 e. The van der Waals surface area contributed by atoms with Crippen molar-refractivity contribution in [1.29, 1.82) is 0 Å². The van der Waals surface area contributed by atoms with Crippen molar-refractivity contribution < 1.29 is 23.6 Å². The highest BCUT2D eigenvalue weighted by atomic mass is 16.5. The molecule has 0 saturated heterocycles. The molecule has 0 spiro atoms. The van der Waals surface area contributed by atoms with Gasteiger partial charge in [-0.15, -0.1) is 0 Å². The number of rotatable bonds is 7. The first-order valence-corrected chi connectivity index (χ1v) is 10.4. The van der Waals surface area contributed by atoms with Gasteiger partial charge in [0.1, 0.15) is 18.1 Å². The molecule has 162 valence electrons. The van der Waals surface area contributed by atoms with Gasteiger partial charge in [-0.25, -0.2) is 4.79 Å². The molecule has 0 N–H and O–H groups in total. The zero-order valence-corrected chi connectivity index (χ0v) is 18.1. The Balaban J connectivity index is 1.46. The van der Waals surface area contributed by atoms with Crippen LogP contribution in [0.1, 0.15) is 60.0 Å². The maximum absolute atomic E-state index is 12.4. The first-order chi connectivity index (χ1) is 14.3. The highest BCUT2D eigenvalue weighted by molar-refractivity contribution is 5.91. The zero-order valence-electron chi connectivity index (χ0n) is 18.1. The molecule has 1 aliphatic rings. The number of carbonyl (C=O) groups is 2. The second-order valence-corrected chi connectivity index (χ2v) is 8.11. The van der Waals surface area contributed by atoms with Gasteiger partial charge in [0, 0.05) is 13.1 Å². The van der Waals surface area contributed by atoms with Gasteiger partial charge in [0.15, 0.2) is 6.61 Å². The second kappa shape index (κ2) is 9.78. The van der Waals surface area contributed by atoms with Gasteiger partial charge >= 0.3 is 5.97 Å². The summed E-state index contributed by atoms with van der Waals surface area (Å²) >= 11 is 0.